The topological polar surface area (TPSA) is 89.5 Å². The van der Waals surface area contributed by atoms with Crippen LogP contribution in [0.15, 0.2) is 30.5 Å². The molecule has 1 N–H and O–H groups in total. The van der Waals surface area contributed by atoms with Gasteiger partial charge in [-0.2, -0.15) is 0 Å². The molecule has 1 heterocycles. The SMILES string of the molecule is CCOc1cccc(OC#N)c1COc1ccn(O)n1. The van der Waals surface area contributed by atoms with Gasteiger partial charge in [-0.1, -0.05) is 11.2 Å². The molecule has 0 bridgehead atoms. The van der Waals surface area contributed by atoms with Crippen LogP contribution in [0.5, 0.6) is 17.4 Å². The summed E-state index contributed by atoms with van der Waals surface area (Å²) in [4.78, 5) is 0.649. The van der Waals surface area contributed by atoms with E-state index in [1.165, 1.54) is 12.3 Å². The van der Waals surface area contributed by atoms with Crippen LogP contribution in [0.1, 0.15) is 12.5 Å². The molecule has 0 unspecified atom stereocenters. The van der Waals surface area contributed by atoms with Gasteiger partial charge < -0.3 is 19.4 Å². The first-order valence-electron chi connectivity index (χ1n) is 5.93. The number of rotatable bonds is 6. The molecule has 0 saturated carbocycles. The molecule has 2 aromatic rings. The van der Waals surface area contributed by atoms with Crippen LogP contribution in [0.25, 0.3) is 0 Å². The van der Waals surface area contributed by atoms with Crippen LogP contribution in [0.4, 0.5) is 0 Å². The van der Waals surface area contributed by atoms with E-state index < -0.39 is 0 Å². The maximum absolute atomic E-state index is 9.06. The van der Waals surface area contributed by atoms with Crippen LogP contribution < -0.4 is 14.2 Å². The molecule has 0 aliphatic rings. The zero-order valence-corrected chi connectivity index (χ0v) is 10.8. The molecular weight excluding hydrogens is 262 g/mol. The molecule has 1 aromatic carbocycles. The van der Waals surface area contributed by atoms with Gasteiger partial charge in [0.05, 0.1) is 18.4 Å². The van der Waals surface area contributed by atoms with Gasteiger partial charge in [0.1, 0.15) is 12.4 Å². The molecule has 104 valence electrons. The Morgan fingerprint density at radius 3 is 2.75 bits per heavy atom. The number of nitriles is 1. The van der Waals surface area contributed by atoms with E-state index in [4.69, 9.17) is 24.7 Å². The van der Waals surface area contributed by atoms with Crippen LogP contribution >= 0.6 is 0 Å². The fourth-order valence-electron chi connectivity index (χ4n) is 1.64. The van der Waals surface area contributed by atoms with Crippen molar-refractivity contribution in [2.45, 2.75) is 13.5 Å². The summed E-state index contributed by atoms with van der Waals surface area (Å²) in [6.45, 7) is 2.44. The highest BCUT2D eigenvalue weighted by Gasteiger charge is 2.13. The van der Waals surface area contributed by atoms with Crippen LogP contribution in [0.3, 0.4) is 0 Å². The number of aromatic nitrogens is 2. The Labute approximate surface area is 115 Å². The quantitative estimate of drug-likeness (QED) is 0.640. The van der Waals surface area contributed by atoms with Crippen molar-refractivity contribution in [1.29, 1.82) is 5.26 Å². The smallest absolute Gasteiger partial charge is 0.292 e. The second-order valence-corrected chi connectivity index (χ2v) is 3.72. The largest absolute Gasteiger partial charge is 0.493 e. The summed E-state index contributed by atoms with van der Waals surface area (Å²) in [5, 5.41) is 21.4. The van der Waals surface area contributed by atoms with Gasteiger partial charge in [-0.15, -0.1) is 10.1 Å². The van der Waals surface area contributed by atoms with Crippen molar-refractivity contribution >= 4 is 0 Å². The lowest BCUT2D eigenvalue weighted by Crippen LogP contribution is -2.04. The number of hydrogen-bond acceptors (Lipinski definition) is 6. The standard InChI is InChI=1S/C13H13N3O4/c1-2-18-11-4-3-5-12(20-9-14)10(11)8-19-13-6-7-16(17)15-13/h3-7,17H,2,8H2,1H3. The van der Waals surface area contributed by atoms with Crippen molar-refractivity contribution in [3.63, 3.8) is 0 Å². The summed E-state index contributed by atoms with van der Waals surface area (Å²) in [5.41, 5.74) is 0.600. The predicted molar refractivity (Wildman–Crippen MR) is 67.6 cm³/mol. The lowest BCUT2D eigenvalue weighted by Gasteiger charge is -2.12. The Morgan fingerprint density at radius 2 is 2.10 bits per heavy atom. The first kappa shape index (κ1) is 13.5. The van der Waals surface area contributed by atoms with Crippen molar-refractivity contribution in [2.75, 3.05) is 6.61 Å². The molecule has 1 aromatic heterocycles. The summed E-state index contributed by atoms with van der Waals surface area (Å²) in [7, 11) is 0. The maximum Gasteiger partial charge on any atom is 0.292 e. The first-order valence-corrected chi connectivity index (χ1v) is 5.93. The average molecular weight is 275 g/mol. The maximum atomic E-state index is 9.06. The van der Waals surface area contributed by atoms with Gasteiger partial charge in [-0.25, -0.2) is 0 Å². The molecule has 0 saturated heterocycles. The second kappa shape index (κ2) is 6.33. The Hall–Kier alpha value is -2.88. The van der Waals surface area contributed by atoms with Crippen molar-refractivity contribution < 1.29 is 19.4 Å². The van der Waals surface area contributed by atoms with E-state index in [1.54, 1.807) is 24.5 Å². The zero-order chi connectivity index (χ0) is 14.4. The Bertz CT molecular complexity index is 618. The van der Waals surface area contributed by atoms with E-state index in [0.29, 0.717) is 28.5 Å². The van der Waals surface area contributed by atoms with Crippen LogP contribution in [-0.2, 0) is 6.61 Å². The molecule has 7 nitrogen and oxygen atoms in total. The highest BCUT2D eigenvalue weighted by Crippen LogP contribution is 2.29. The third kappa shape index (κ3) is 3.11. The van der Waals surface area contributed by atoms with Crippen LogP contribution in [0, 0.1) is 11.5 Å². The predicted octanol–water partition coefficient (Wildman–Crippen LogP) is 1.96. The third-order valence-corrected chi connectivity index (χ3v) is 2.46. The fourth-order valence-corrected chi connectivity index (χ4v) is 1.64. The van der Waals surface area contributed by atoms with Crippen molar-refractivity contribution in [3.05, 3.63) is 36.0 Å². The fraction of sp³-hybridized carbons (Fsp3) is 0.231. The minimum Gasteiger partial charge on any atom is -0.493 e. The molecule has 2 rings (SSSR count). The van der Waals surface area contributed by atoms with Gasteiger partial charge in [-0.3, -0.25) is 0 Å². The summed E-state index contributed by atoms with van der Waals surface area (Å²) in [6.07, 6.45) is 2.97. The summed E-state index contributed by atoms with van der Waals surface area (Å²) < 4.78 is 15.8. The van der Waals surface area contributed by atoms with Gasteiger partial charge in [0, 0.05) is 6.07 Å². The lowest BCUT2D eigenvalue weighted by atomic mass is 10.2. The molecule has 0 atom stereocenters. The van der Waals surface area contributed by atoms with E-state index in [2.05, 4.69) is 5.10 Å². The highest BCUT2D eigenvalue weighted by atomic mass is 16.5. The van der Waals surface area contributed by atoms with Crippen molar-refractivity contribution in [1.82, 2.24) is 9.94 Å². The molecule has 0 aliphatic heterocycles. The normalized spacial score (nSPS) is 9.80. The van der Waals surface area contributed by atoms with Crippen LogP contribution in [0.2, 0.25) is 0 Å². The molecule has 0 aliphatic carbocycles. The van der Waals surface area contributed by atoms with Gasteiger partial charge >= 0.3 is 0 Å². The Morgan fingerprint density at radius 1 is 1.30 bits per heavy atom. The molecule has 20 heavy (non-hydrogen) atoms. The first-order chi connectivity index (χ1) is 9.74. The van der Waals surface area contributed by atoms with E-state index in [9.17, 15) is 0 Å². The molecule has 0 fully saturated rings. The third-order valence-electron chi connectivity index (χ3n) is 2.46. The molecule has 0 spiro atoms. The number of hydrogen-bond donors (Lipinski definition) is 1. The number of benzene rings is 1. The molecular formula is C13H13N3O4. The molecule has 0 radical (unpaired) electrons. The van der Waals surface area contributed by atoms with Gasteiger partial charge in [-0.05, 0) is 19.1 Å². The summed E-state index contributed by atoms with van der Waals surface area (Å²) in [5.74, 6) is 1.19. The Balaban J connectivity index is 2.20. The van der Waals surface area contributed by atoms with Gasteiger partial charge in [0.2, 0.25) is 5.88 Å². The van der Waals surface area contributed by atoms with Crippen molar-refractivity contribution in [3.8, 4) is 23.6 Å². The summed E-state index contributed by atoms with van der Waals surface area (Å²) >= 11 is 0. The molecule has 7 heteroatoms. The van der Waals surface area contributed by atoms with Gasteiger partial charge in [0.25, 0.3) is 6.26 Å². The zero-order valence-electron chi connectivity index (χ0n) is 10.8. The monoisotopic (exact) mass is 275 g/mol. The van der Waals surface area contributed by atoms with E-state index in [0.717, 1.165) is 0 Å². The van der Waals surface area contributed by atoms with E-state index in [1.807, 2.05) is 6.92 Å². The average Bonchev–Trinajstić information content (AvgIpc) is 2.84. The number of nitrogens with zero attached hydrogens (tertiary/aromatic N) is 3. The summed E-state index contributed by atoms with van der Waals surface area (Å²) in [6, 6.07) is 6.64. The minimum atomic E-state index is 0.101. The molecule has 0 amide bonds. The van der Waals surface area contributed by atoms with Crippen LogP contribution in [-0.4, -0.2) is 21.8 Å². The van der Waals surface area contributed by atoms with Crippen molar-refractivity contribution in [2.24, 2.45) is 0 Å². The second-order valence-electron chi connectivity index (χ2n) is 3.72. The highest BCUT2D eigenvalue weighted by molar-refractivity contribution is 5.45. The lowest BCUT2D eigenvalue weighted by molar-refractivity contribution is 0.141. The minimum absolute atomic E-state index is 0.101. The van der Waals surface area contributed by atoms with Gasteiger partial charge in [0.15, 0.2) is 5.75 Å². The Kier molecular flexibility index (Phi) is 4.29. The van der Waals surface area contributed by atoms with E-state index in [-0.39, 0.29) is 12.5 Å². The number of ether oxygens (including phenoxy) is 3. The van der Waals surface area contributed by atoms with E-state index >= 15 is 0 Å².